The van der Waals surface area contributed by atoms with E-state index in [4.69, 9.17) is 24.4 Å². The number of nitrogens with one attached hydrogen (secondary N) is 1. The van der Waals surface area contributed by atoms with E-state index in [1.54, 1.807) is 0 Å². The second-order valence-electron chi connectivity index (χ2n) is 16.2. The molecular weight excluding hydrogens is 797 g/mol. The van der Waals surface area contributed by atoms with Crippen LogP contribution in [0.3, 0.4) is 0 Å². The number of carboxylic acids is 2. The fourth-order valence-corrected chi connectivity index (χ4v) is 7.03. The number of aliphatic hydroxyl groups is 4. The Morgan fingerprint density at radius 3 is 2.22 bits per heavy atom. The molecule has 7 N–H and O–H groups in total. The monoisotopic (exact) mass is 864 g/mol. The zero-order valence-corrected chi connectivity index (χ0v) is 36.5. The molecule has 1 saturated heterocycles. The lowest BCUT2D eigenvalue weighted by Crippen LogP contribution is -2.42. The van der Waals surface area contributed by atoms with Gasteiger partial charge in [0.1, 0.15) is 12.7 Å². The van der Waals surface area contributed by atoms with Crippen molar-refractivity contribution in [1.29, 1.82) is 0 Å². The maximum atomic E-state index is 11.5. The maximum Gasteiger partial charge on any atom is 0.328 e. The number of carbonyl (C=O) groups excluding carboxylic acids is 1. The van der Waals surface area contributed by atoms with Gasteiger partial charge < -0.3 is 55.1 Å². The van der Waals surface area contributed by atoms with Gasteiger partial charge in [0.15, 0.2) is 0 Å². The van der Waals surface area contributed by atoms with E-state index in [9.17, 15) is 34.8 Å². The van der Waals surface area contributed by atoms with Crippen molar-refractivity contribution in [3.63, 3.8) is 0 Å². The Kier molecular flexibility index (Phi) is 24.8. The van der Waals surface area contributed by atoms with Crippen LogP contribution in [0.4, 0.5) is 5.82 Å². The van der Waals surface area contributed by atoms with Gasteiger partial charge in [-0.05, 0) is 103 Å². The number of aromatic nitrogens is 2. The summed E-state index contributed by atoms with van der Waals surface area (Å²) in [5.74, 6) is -1.41. The molecule has 1 aromatic carbocycles. The van der Waals surface area contributed by atoms with Crippen molar-refractivity contribution >= 4 is 35.5 Å². The molecule has 2 aromatic rings. The molecule has 1 aliphatic heterocycles. The van der Waals surface area contributed by atoms with Gasteiger partial charge >= 0.3 is 17.9 Å². The van der Waals surface area contributed by atoms with Crippen molar-refractivity contribution < 1.29 is 59.2 Å². The summed E-state index contributed by atoms with van der Waals surface area (Å²) in [6.07, 6.45) is 9.11. The normalized spacial score (nSPS) is 20.3. The van der Waals surface area contributed by atoms with Gasteiger partial charge in [0.2, 0.25) is 5.82 Å². The fourth-order valence-electron chi connectivity index (χ4n) is 6.51. The van der Waals surface area contributed by atoms with Gasteiger partial charge in [0, 0.05) is 43.7 Å². The summed E-state index contributed by atoms with van der Waals surface area (Å²) in [5, 5.41) is 60.0. The molecule has 2 aliphatic rings. The summed E-state index contributed by atoms with van der Waals surface area (Å²) in [4.78, 5) is 32.8. The number of carboxylic acid groups (broad SMARTS) is 2. The topological polar surface area (TPSA) is 241 Å². The van der Waals surface area contributed by atoms with Gasteiger partial charge in [-0.1, -0.05) is 42.5 Å². The molecule has 16 nitrogen and oxygen atoms in total. The second-order valence-corrected chi connectivity index (χ2v) is 16.7. The first-order valence-electron chi connectivity index (χ1n) is 20.7. The van der Waals surface area contributed by atoms with Crippen molar-refractivity contribution in [2.24, 2.45) is 11.8 Å². The highest BCUT2D eigenvalue weighted by Gasteiger charge is 2.40. The minimum absolute atomic E-state index is 0.00652. The van der Waals surface area contributed by atoms with Crippen LogP contribution in [0.25, 0.3) is 0 Å². The summed E-state index contributed by atoms with van der Waals surface area (Å²) in [5.41, 5.74) is 1.20. The van der Waals surface area contributed by atoms with Gasteiger partial charge in [-0.25, -0.2) is 9.59 Å². The van der Waals surface area contributed by atoms with Gasteiger partial charge in [0.25, 0.3) is 5.88 Å². The maximum absolute atomic E-state index is 11.5. The number of esters is 1. The third-order valence-electron chi connectivity index (χ3n) is 9.56. The van der Waals surface area contributed by atoms with E-state index in [0.29, 0.717) is 76.3 Å². The summed E-state index contributed by atoms with van der Waals surface area (Å²) in [7, 11) is 0. The molecule has 6 atom stereocenters. The van der Waals surface area contributed by atoms with Crippen molar-refractivity contribution in [3.8, 4) is 5.88 Å². The van der Waals surface area contributed by atoms with E-state index >= 15 is 0 Å². The summed E-state index contributed by atoms with van der Waals surface area (Å²) in [6, 6.07) is 10.1. The number of rotatable bonds is 21. The Morgan fingerprint density at radius 2 is 1.60 bits per heavy atom. The highest BCUT2D eigenvalue weighted by Crippen LogP contribution is 2.38. The third-order valence-corrected chi connectivity index (χ3v) is 10.1. The lowest BCUT2D eigenvalue weighted by molar-refractivity contribution is -0.147. The van der Waals surface area contributed by atoms with E-state index in [1.807, 2.05) is 38.1 Å². The average Bonchev–Trinajstić information content (AvgIpc) is 3.78. The highest BCUT2D eigenvalue weighted by atomic mass is 32.1. The molecule has 0 radical (unpaired) electrons. The van der Waals surface area contributed by atoms with Crippen LogP contribution in [0.5, 0.6) is 5.88 Å². The SMILES string of the molecule is CC(C)(C)NC[C@H](O)COc1nsnc1N1CCOCC1.CC(C)OC(=O)CCC/C=C\C[C@@H]1[C@@H](CC[C@@H](O)CCc2ccccc2)[C@H](O)C[C@@H]1O.O=C(O)/C=C\C(=O)O. The molecule has 60 heavy (non-hydrogen) atoms. The number of nitrogens with zero attached hydrogens (tertiary/aromatic N) is 3. The number of β-amino-alcohol motifs (C(OH)–C–C–N with tert-alkyl or cyclic N) is 1. The summed E-state index contributed by atoms with van der Waals surface area (Å²) < 4.78 is 24.5. The minimum Gasteiger partial charge on any atom is -0.478 e. The smallest absolute Gasteiger partial charge is 0.328 e. The van der Waals surface area contributed by atoms with Gasteiger partial charge in [-0.3, -0.25) is 4.79 Å². The number of morpholine rings is 1. The highest BCUT2D eigenvalue weighted by molar-refractivity contribution is 6.99. The van der Waals surface area contributed by atoms with E-state index in [1.165, 1.54) is 5.56 Å². The van der Waals surface area contributed by atoms with Crippen LogP contribution in [0.15, 0.2) is 54.6 Å². The van der Waals surface area contributed by atoms with Crippen molar-refractivity contribution in [2.45, 2.75) is 128 Å². The Morgan fingerprint density at radius 1 is 0.950 bits per heavy atom. The van der Waals surface area contributed by atoms with Crippen LogP contribution >= 0.6 is 11.7 Å². The van der Waals surface area contributed by atoms with Crippen LogP contribution in [0, 0.1) is 11.8 Å². The number of benzene rings is 1. The Hall–Kier alpha value is -3.97. The molecule has 338 valence electrons. The number of anilines is 1. The number of unbranched alkanes of at least 4 members (excludes halogenated alkanes) is 1. The molecule has 4 rings (SSSR count). The molecule has 2 fully saturated rings. The van der Waals surface area contributed by atoms with Crippen molar-refractivity contribution in [2.75, 3.05) is 44.4 Å². The Balaban J connectivity index is 0.000000366. The van der Waals surface area contributed by atoms with E-state index in [2.05, 4.69) is 57.9 Å². The number of aliphatic carboxylic acids is 2. The van der Waals surface area contributed by atoms with Gasteiger partial charge in [-0.2, -0.15) is 4.37 Å². The second kappa shape index (κ2) is 28.5. The predicted molar refractivity (Wildman–Crippen MR) is 229 cm³/mol. The first kappa shape index (κ1) is 52.2. The van der Waals surface area contributed by atoms with Gasteiger partial charge in [-0.15, -0.1) is 4.37 Å². The molecular formula is C43H68N4O12S. The van der Waals surface area contributed by atoms with Crippen LogP contribution in [0.2, 0.25) is 0 Å². The van der Waals surface area contributed by atoms with Gasteiger partial charge in [0.05, 0.1) is 49.4 Å². The molecule has 17 heteroatoms. The number of carbonyl (C=O) groups is 3. The number of hydrogen-bond acceptors (Lipinski definition) is 15. The van der Waals surface area contributed by atoms with Crippen molar-refractivity contribution in [1.82, 2.24) is 14.1 Å². The third kappa shape index (κ3) is 23.1. The minimum atomic E-state index is -1.26. The summed E-state index contributed by atoms with van der Waals surface area (Å²) >= 11 is 1.12. The molecule has 1 aliphatic carbocycles. The number of allylic oxidation sites excluding steroid dienone is 2. The molecule has 0 unspecified atom stereocenters. The van der Waals surface area contributed by atoms with Crippen LogP contribution in [-0.4, -0.2) is 133 Å². The lowest BCUT2D eigenvalue weighted by atomic mass is 9.85. The van der Waals surface area contributed by atoms with Crippen molar-refractivity contribution in [3.05, 3.63) is 60.2 Å². The Bertz CT molecular complexity index is 1550. The van der Waals surface area contributed by atoms with Crippen LogP contribution in [-0.2, 0) is 30.3 Å². The summed E-state index contributed by atoms with van der Waals surface area (Å²) in [6.45, 7) is 13.5. The fraction of sp³-hybridized carbons (Fsp3) is 0.651. The number of aliphatic hydroxyl groups excluding tert-OH is 4. The number of aryl methyl sites for hydroxylation is 1. The molecule has 1 aromatic heterocycles. The lowest BCUT2D eigenvalue weighted by Gasteiger charge is -2.27. The molecule has 1 saturated carbocycles. The van der Waals surface area contributed by atoms with Crippen LogP contribution < -0.4 is 15.0 Å². The number of hydrogen-bond donors (Lipinski definition) is 7. The van der Waals surface area contributed by atoms with E-state index < -0.39 is 36.4 Å². The molecule has 0 spiro atoms. The zero-order valence-electron chi connectivity index (χ0n) is 35.7. The largest absolute Gasteiger partial charge is 0.478 e. The molecule has 2 heterocycles. The quantitative estimate of drug-likeness (QED) is 0.0398. The Labute approximate surface area is 358 Å². The van der Waals surface area contributed by atoms with E-state index in [0.717, 1.165) is 49.9 Å². The molecule has 0 bridgehead atoms. The first-order chi connectivity index (χ1) is 28.4. The predicted octanol–water partition coefficient (Wildman–Crippen LogP) is 4.40. The molecule has 0 amide bonds. The standard InChI is InChI=1S/C26H40O5.C13H24N4O3S.C4H4O4/c1-19(2)31-26(30)13-9-4-3-8-12-22-23(25(29)18-24(22)28)17-16-21(27)15-14-20-10-6-5-7-11-20;1-13(2,3)14-8-10(18)9-20-12-11(15-21-16-12)17-4-6-19-7-5-17;5-3(6)1-2-4(7)8/h3,5-8,10-11,19,21-25,27-29H,4,9,12-18H2,1-2H3;10,14,18H,4-9H2,1-3H3;1-2H,(H,5,6)(H,7,8)/b8-3-;;2-1-/t21-,22+,23+,24-,25+;10-;/m00./s1. The zero-order chi connectivity index (χ0) is 44.5. The first-order valence-corrected chi connectivity index (χ1v) is 21.5. The number of ether oxygens (including phenoxy) is 3. The van der Waals surface area contributed by atoms with E-state index in [-0.39, 0.29) is 36.1 Å². The average molecular weight is 865 g/mol. The van der Waals surface area contributed by atoms with Crippen LogP contribution in [0.1, 0.15) is 91.5 Å².